The van der Waals surface area contributed by atoms with Crippen LogP contribution in [0.15, 0.2) is 84.1 Å². The van der Waals surface area contributed by atoms with Crippen LogP contribution in [0.5, 0.6) is 0 Å². The minimum Gasteiger partial charge on any atom is -0.357 e. The van der Waals surface area contributed by atoms with Gasteiger partial charge in [-0.15, -0.1) is 0 Å². The highest BCUT2D eigenvalue weighted by Crippen LogP contribution is 2.48. The number of hydrogen-bond donors (Lipinski definition) is 1. The third kappa shape index (κ3) is 4.61. The number of carbonyl (C=O) groups is 2. The van der Waals surface area contributed by atoms with Crippen LogP contribution in [0.4, 0.5) is 15.8 Å². The fraction of sp³-hybridized carbons (Fsp3) is 0.241. The van der Waals surface area contributed by atoms with Crippen molar-refractivity contribution >= 4 is 34.7 Å². The largest absolute Gasteiger partial charge is 0.357 e. The summed E-state index contributed by atoms with van der Waals surface area (Å²) in [6, 6.07) is 20.1. The van der Waals surface area contributed by atoms with Gasteiger partial charge in [-0.2, -0.15) is 0 Å². The summed E-state index contributed by atoms with van der Waals surface area (Å²) in [6.45, 7) is 4.15. The summed E-state index contributed by atoms with van der Waals surface area (Å²) in [5.74, 6) is -0.539. The molecule has 0 radical (unpaired) electrons. The molecule has 1 N–H and O–H groups in total. The molecule has 1 aliphatic carbocycles. The van der Waals surface area contributed by atoms with Crippen LogP contribution < -0.4 is 10.2 Å². The number of Topliss-reactive ketones (excluding diaryl/α,β-unsaturated/α-hetero) is 1. The van der Waals surface area contributed by atoms with E-state index < -0.39 is 6.04 Å². The molecule has 1 atom stereocenters. The van der Waals surface area contributed by atoms with Crippen molar-refractivity contribution in [2.75, 3.05) is 10.2 Å². The summed E-state index contributed by atoms with van der Waals surface area (Å²) in [6.07, 6.45) is 1.17. The molecule has 1 aliphatic heterocycles. The van der Waals surface area contributed by atoms with Crippen molar-refractivity contribution < 1.29 is 14.0 Å². The number of benzene rings is 3. The zero-order valence-electron chi connectivity index (χ0n) is 19.6. The summed E-state index contributed by atoms with van der Waals surface area (Å²) < 4.78 is 13.9. The van der Waals surface area contributed by atoms with Crippen molar-refractivity contribution in [3.63, 3.8) is 0 Å². The van der Waals surface area contributed by atoms with E-state index in [0.717, 1.165) is 16.9 Å². The maximum absolute atomic E-state index is 14.0. The van der Waals surface area contributed by atoms with Gasteiger partial charge in [-0.1, -0.05) is 61.8 Å². The third-order valence-electron chi connectivity index (χ3n) is 6.62. The maximum Gasteiger partial charge on any atom is 0.232 e. The Morgan fingerprint density at radius 1 is 1.03 bits per heavy atom. The van der Waals surface area contributed by atoms with Crippen molar-refractivity contribution in [1.82, 2.24) is 0 Å². The number of hydrogen-bond acceptors (Lipinski definition) is 3. The van der Waals surface area contributed by atoms with Gasteiger partial charge in [0.2, 0.25) is 5.91 Å². The van der Waals surface area contributed by atoms with Gasteiger partial charge in [0.05, 0.1) is 23.8 Å². The number of fused-ring (bicyclic) bond motifs is 1. The topological polar surface area (TPSA) is 49.4 Å². The quantitative estimate of drug-likeness (QED) is 0.438. The molecular formula is C29H26ClFN2O2. The molecule has 178 valence electrons. The first kappa shape index (κ1) is 23.3. The first-order chi connectivity index (χ1) is 16.7. The highest BCUT2D eigenvalue weighted by Gasteiger charge is 2.43. The lowest BCUT2D eigenvalue weighted by Crippen LogP contribution is -2.40. The molecule has 1 unspecified atom stereocenters. The van der Waals surface area contributed by atoms with Crippen molar-refractivity contribution in [1.29, 1.82) is 0 Å². The van der Waals surface area contributed by atoms with E-state index in [-0.39, 0.29) is 29.3 Å². The zero-order valence-corrected chi connectivity index (χ0v) is 20.4. The number of para-hydroxylation sites is 2. The van der Waals surface area contributed by atoms with Crippen molar-refractivity contribution in [2.45, 2.75) is 39.2 Å². The number of nitrogens with one attached hydrogen (secondary N) is 1. The number of carbonyl (C=O) groups excluding carboxylic acids is 2. The summed E-state index contributed by atoms with van der Waals surface area (Å²) in [4.78, 5) is 29.3. The van der Waals surface area contributed by atoms with Crippen molar-refractivity contribution in [3.05, 3.63) is 106 Å². The number of allylic oxidation sites excluding steroid dienone is 1. The first-order valence-corrected chi connectivity index (χ1v) is 12.0. The Kier molecular flexibility index (Phi) is 5.97. The molecule has 3 aromatic rings. The highest BCUT2D eigenvalue weighted by atomic mass is 35.5. The van der Waals surface area contributed by atoms with Crippen LogP contribution in [0.3, 0.4) is 0 Å². The minimum absolute atomic E-state index is 0.00447. The fourth-order valence-electron chi connectivity index (χ4n) is 5.08. The lowest BCUT2D eigenvalue weighted by Gasteiger charge is -2.37. The van der Waals surface area contributed by atoms with Crippen LogP contribution in [0.1, 0.15) is 43.9 Å². The molecular weight excluding hydrogens is 463 g/mol. The average Bonchev–Trinajstić information content (AvgIpc) is 2.94. The molecule has 4 nitrogen and oxygen atoms in total. The second kappa shape index (κ2) is 8.97. The molecule has 1 heterocycles. The van der Waals surface area contributed by atoms with Crippen LogP contribution in [0.25, 0.3) is 0 Å². The van der Waals surface area contributed by atoms with Gasteiger partial charge in [0.15, 0.2) is 5.78 Å². The second-order valence-corrected chi connectivity index (χ2v) is 10.4. The average molecular weight is 489 g/mol. The normalized spacial score (nSPS) is 18.9. The summed E-state index contributed by atoms with van der Waals surface area (Å²) >= 11 is 6.04. The molecule has 0 fully saturated rings. The Morgan fingerprint density at radius 2 is 1.71 bits per heavy atom. The molecule has 5 rings (SSSR count). The van der Waals surface area contributed by atoms with E-state index in [9.17, 15) is 14.0 Å². The Bertz CT molecular complexity index is 1330. The van der Waals surface area contributed by atoms with Crippen molar-refractivity contribution in [3.8, 4) is 0 Å². The summed E-state index contributed by atoms with van der Waals surface area (Å²) in [5, 5.41) is 4.09. The second-order valence-electron chi connectivity index (χ2n) is 10.00. The monoisotopic (exact) mass is 488 g/mol. The van der Waals surface area contributed by atoms with Crippen LogP contribution in [-0.4, -0.2) is 11.7 Å². The molecule has 35 heavy (non-hydrogen) atoms. The first-order valence-electron chi connectivity index (χ1n) is 11.7. The molecule has 2 aliphatic rings. The molecule has 0 bridgehead atoms. The van der Waals surface area contributed by atoms with Crippen molar-refractivity contribution in [2.24, 2.45) is 5.41 Å². The third-order valence-corrected chi connectivity index (χ3v) is 6.88. The maximum atomic E-state index is 14.0. The van der Waals surface area contributed by atoms with Crippen LogP contribution >= 0.6 is 11.6 Å². The number of amides is 1. The fourth-order valence-corrected chi connectivity index (χ4v) is 5.21. The van der Waals surface area contributed by atoms with Crippen LogP contribution in [0.2, 0.25) is 5.02 Å². The Labute approximate surface area is 209 Å². The minimum atomic E-state index is -0.676. The number of rotatable bonds is 3. The van der Waals surface area contributed by atoms with E-state index in [1.807, 2.05) is 36.4 Å². The summed E-state index contributed by atoms with van der Waals surface area (Å²) in [5.41, 5.74) is 4.12. The predicted octanol–water partition coefficient (Wildman–Crippen LogP) is 6.86. The highest BCUT2D eigenvalue weighted by molar-refractivity contribution is 6.30. The molecule has 0 saturated heterocycles. The van der Waals surface area contributed by atoms with E-state index in [4.69, 9.17) is 11.6 Å². The Hall–Kier alpha value is -3.44. The molecule has 0 saturated carbocycles. The SMILES string of the molecule is CC1(C)CC(=O)C2=C(C1)Nc1ccccc1N(C(=O)Cc1ccc(Cl)cc1)C2c1ccc(F)cc1. The van der Waals surface area contributed by atoms with E-state index in [2.05, 4.69) is 19.2 Å². The van der Waals surface area contributed by atoms with Gasteiger partial charge >= 0.3 is 0 Å². The lowest BCUT2D eigenvalue weighted by molar-refractivity contribution is -0.119. The van der Waals surface area contributed by atoms with Gasteiger partial charge in [-0.05, 0) is 59.4 Å². The standard InChI is InChI=1S/C29H26ClFN2O2/c1-29(2)16-23-27(25(34)17-29)28(19-9-13-21(31)14-10-19)33(24-6-4-3-5-22(24)32-23)26(35)15-18-7-11-20(30)12-8-18/h3-14,28,32H,15-17H2,1-2H3. The molecule has 6 heteroatoms. The molecule has 0 spiro atoms. The smallest absolute Gasteiger partial charge is 0.232 e. The van der Waals surface area contributed by atoms with E-state index >= 15 is 0 Å². The Balaban J connectivity index is 1.70. The predicted molar refractivity (Wildman–Crippen MR) is 137 cm³/mol. The lowest BCUT2D eigenvalue weighted by atomic mass is 9.73. The number of halogens is 2. The van der Waals surface area contributed by atoms with Gasteiger partial charge in [-0.3, -0.25) is 14.5 Å². The summed E-state index contributed by atoms with van der Waals surface area (Å²) in [7, 11) is 0. The number of ketones is 1. The zero-order chi connectivity index (χ0) is 24.7. The molecule has 3 aromatic carbocycles. The van der Waals surface area contributed by atoms with Crippen LogP contribution in [-0.2, 0) is 16.0 Å². The van der Waals surface area contributed by atoms with Crippen LogP contribution in [0, 0.1) is 11.2 Å². The van der Waals surface area contributed by atoms with Gasteiger partial charge in [0.1, 0.15) is 5.82 Å². The van der Waals surface area contributed by atoms with E-state index in [1.54, 1.807) is 29.2 Å². The van der Waals surface area contributed by atoms with Gasteiger partial charge in [0.25, 0.3) is 0 Å². The molecule has 0 aromatic heterocycles. The van der Waals surface area contributed by atoms with Gasteiger partial charge < -0.3 is 5.32 Å². The van der Waals surface area contributed by atoms with Gasteiger partial charge in [-0.25, -0.2) is 4.39 Å². The number of anilines is 2. The van der Waals surface area contributed by atoms with Gasteiger partial charge in [0, 0.05) is 22.7 Å². The molecule has 1 amide bonds. The van der Waals surface area contributed by atoms with E-state index in [0.29, 0.717) is 34.7 Å². The Morgan fingerprint density at radius 3 is 2.43 bits per heavy atom. The number of nitrogens with zero attached hydrogens (tertiary/aromatic N) is 1. The van der Waals surface area contributed by atoms with E-state index in [1.165, 1.54) is 12.1 Å².